The average Bonchev–Trinajstić information content (AvgIpc) is 3.55. The number of amides is 1. The minimum atomic E-state index is -0.924. The number of aryl methyl sites for hydroxylation is 1. The second kappa shape index (κ2) is 10.9. The lowest BCUT2D eigenvalue weighted by molar-refractivity contribution is -0.135. The van der Waals surface area contributed by atoms with Gasteiger partial charge in [-0.3, -0.25) is 14.4 Å². The van der Waals surface area contributed by atoms with Crippen LogP contribution in [0.4, 0.5) is 0 Å². The minimum absolute atomic E-state index is 0.0153. The number of hydrogen-bond acceptors (Lipinski definition) is 8. The summed E-state index contributed by atoms with van der Waals surface area (Å²) in [6.45, 7) is 5.87. The first-order chi connectivity index (χ1) is 19.2. The molecule has 1 aliphatic heterocycles. The second-order valence-electron chi connectivity index (χ2n) is 9.17. The highest BCUT2D eigenvalue weighted by atomic mass is 16.6. The normalized spacial score (nSPS) is 14.3. The summed E-state index contributed by atoms with van der Waals surface area (Å²) in [5, 5.41) is 10.5. The van der Waals surface area contributed by atoms with Gasteiger partial charge >= 0.3 is 11.9 Å². The summed E-state index contributed by atoms with van der Waals surface area (Å²) < 4.78 is 18.4. The highest BCUT2D eigenvalue weighted by Gasteiger charge is 2.37. The third-order valence-corrected chi connectivity index (χ3v) is 6.02. The SMILES string of the molecule is CC(=O)Oc1ccc(C2=NN(C(C)=O)C(c3cn(-c4ccccc4)nc3-c3ccc(C)cc3)O2)cc1OC(C)=O. The molecule has 2 heterocycles. The van der Waals surface area contributed by atoms with E-state index in [0.29, 0.717) is 16.8 Å². The largest absolute Gasteiger partial charge is 0.446 e. The van der Waals surface area contributed by atoms with Crippen molar-refractivity contribution in [1.29, 1.82) is 0 Å². The summed E-state index contributed by atoms with van der Waals surface area (Å²) in [6.07, 6.45) is 0.893. The molecule has 0 fully saturated rings. The number of nitrogens with zero attached hydrogens (tertiary/aromatic N) is 4. The quantitative estimate of drug-likeness (QED) is 0.253. The molecule has 0 N–H and O–H groups in total. The van der Waals surface area contributed by atoms with Gasteiger partial charge in [0, 0.05) is 38.1 Å². The Bertz CT molecular complexity index is 1630. The van der Waals surface area contributed by atoms with Crippen LogP contribution >= 0.6 is 0 Å². The van der Waals surface area contributed by atoms with Crippen molar-refractivity contribution in [3.8, 4) is 28.4 Å². The van der Waals surface area contributed by atoms with Gasteiger partial charge in [0.1, 0.15) is 5.69 Å². The van der Waals surface area contributed by atoms with Crippen LogP contribution < -0.4 is 9.47 Å². The van der Waals surface area contributed by atoms with E-state index in [4.69, 9.17) is 19.3 Å². The third-order valence-electron chi connectivity index (χ3n) is 6.02. The Balaban J connectivity index is 1.57. The molecule has 1 atom stereocenters. The van der Waals surface area contributed by atoms with Crippen molar-refractivity contribution < 1.29 is 28.6 Å². The summed E-state index contributed by atoms with van der Waals surface area (Å²) in [4.78, 5) is 36.0. The first kappa shape index (κ1) is 26.4. The zero-order valence-corrected chi connectivity index (χ0v) is 22.3. The first-order valence-electron chi connectivity index (χ1n) is 12.5. The fraction of sp³-hybridized carbons (Fsp3) is 0.167. The summed E-state index contributed by atoms with van der Waals surface area (Å²) in [6, 6.07) is 22.0. The molecule has 1 unspecified atom stereocenters. The molecule has 0 saturated carbocycles. The number of ether oxygens (including phenoxy) is 3. The summed E-state index contributed by atoms with van der Waals surface area (Å²) in [5.41, 5.74) is 4.44. The Kier molecular flexibility index (Phi) is 7.15. The lowest BCUT2D eigenvalue weighted by Crippen LogP contribution is -2.25. The van der Waals surface area contributed by atoms with Crippen molar-refractivity contribution in [2.45, 2.75) is 33.9 Å². The second-order valence-corrected chi connectivity index (χ2v) is 9.17. The number of benzene rings is 3. The molecule has 0 bridgehead atoms. The molecule has 3 aromatic carbocycles. The Morgan fingerprint density at radius 2 is 1.48 bits per heavy atom. The molecule has 0 aliphatic carbocycles. The maximum absolute atomic E-state index is 12.7. The molecular formula is C30H26N4O6. The molecule has 0 saturated heterocycles. The van der Waals surface area contributed by atoms with Crippen molar-refractivity contribution in [3.05, 3.63) is 95.7 Å². The summed E-state index contributed by atoms with van der Waals surface area (Å²) in [7, 11) is 0. The molecule has 202 valence electrons. The van der Waals surface area contributed by atoms with Crippen LogP contribution in [0.15, 0.2) is 84.1 Å². The highest BCUT2D eigenvalue weighted by molar-refractivity contribution is 5.97. The molecule has 10 nitrogen and oxygen atoms in total. The van der Waals surface area contributed by atoms with Gasteiger partial charge in [-0.25, -0.2) is 4.68 Å². The molecule has 4 aromatic rings. The van der Waals surface area contributed by atoms with Crippen molar-refractivity contribution in [2.75, 3.05) is 0 Å². The van der Waals surface area contributed by atoms with Gasteiger partial charge in [0.25, 0.3) is 0 Å². The lowest BCUT2D eigenvalue weighted by atomic mass is 10.1. The smallest absolute Gasteiger partial charge is 0.308 e. The van der Waals surface area contributed by atoms with E-state index in [1.165, 1.54) is 37.9 Å². The van der Waals surface area contributed by atoms with Crippen molar-refractivity contribution in [2.24, 2.45) is 5.10 Å². The Hall–Kier alpha value is -5.25. The van der Waals surface area contributed by atoms with Crippen LogP contribution in [0.2, 0.25) is 0 Å². The maximum atomic E-state index is 12.7. The fourth-order valence-electron chi connectivity index (χ4n) is 4.22. The van der Waals surface area contributed by atoms with Gasteiger partial charge in [0.15, 0.2) is 11.5 Å². The molecule has 40 heavy (non-hydrogen) atoms. The fourth-order valence-corrected chi connectivity index (χ4v) is 4.22. The maximum Gasteiger partial charge on any atom is 0.308 e. The van der Waals surface area contributed by atoms with Gasteiger partial charge in [-0.05, 0) is 37.3 Å². The third kappa shape index (κ3) is 5.46. The number of aromatic nitrogens is 2. The highest BCUT2D eigenvalue weighted by Crippen LogP contribution is 2.38. The number of rotatable bonds is 6. The van der Waals surface area contributed by atoms with Crippen LogP contribution in [0.3, 0.4) is 0 Å². The standard InChI is InChI=1S/C30H26N4O6/c1-18-10-12-22(13-11-18)28-25(17-33(31-28)24-8-6-5-7-9-24)30-34(19(2)35)32-29(40-30)23-14-15-26(38-20(3)36)27(16-23)39-21(4)37/h5-17,30H,1-4H3. The first-order valence-corrected chi connectivity index (χ1v) is 12.5. The van der Waals surface area contributed by atoms with Crippen molar-refractivity contribution in [3.63, 3.8) is 0 Å². The van der Waals surface area contributed by atoms with Crippen LogP contribution in [0.25, 0.3) is 16.9 Å². The van der Waals surface area contributed by atoms with Gasteiger partial charge in [0.2, 0.25) is 18.0 Å². The van der Waals surface area contributed by atoms with Gasteiger partial charge in [-0.2, -0.15) is 10.1 Å². The van der Waals surface area contributed by atoms with Gasteiger partial charge in [0.05, 0.1) is 11.3 Å². The topological polar surface area (TPSA) is 112 Å². The van der Waals surface area contributed by atoms with Gasteiger partial charge < -0.3 is 14.2 Å². The number of carbonyl (C=O) groups is 3. The summed E-state index contributed by atoms with van der Waals surface area (Å²) >= 11 is 0. The Labute approximate surface area is 230 Å². The van der Waals surface area contributed by atoms with E-state index in [1.54, 1.807) is 10.7 Å². The van der Waals surface area contributed by atoms with E-state index in [-0.39, 0.29) is 23.3 Å². The molecule has 1 aromatic heterocycles. The molecule has 1 aliphatic rings. The average molecular weight is 539 g/mol. The number of esters is 2. The van der Waals surface area contributed by atoms with Crippen molar-refractivity contribution in [1.82, 2.24) is 14.8 Å². The molecule has 5 rings (SSSR count). The van der Waals surface area contributed by atoms with Crippen LogP contribution in [0.5, 0.6) is 11.5 Å². The van der Waals surface area contributed by atoms with Crippen LogP contribution in [-0.2, 0) is 19.1 Å². The number of hydrogen-bond donors (Lipinski definition) is 0. The van der Waals surface area contributed by atoms with Gasteiger partial charge in [-0.1, -0.05) is 48.0 Å². The predicted molar refractivity (Wildman–Crippen MR) is 146 cm³/mol. The van der Waals surface area contributed by atoms with Gasteiger partial charge in [-0.15, -0.1) is 5.10 Å². The Morgan fingerprint density at radius 1 is 0.825 bits per heavy atom. The monoisotopic (exact) mass is 538 g/mol. The molecule has 1 amide bonds. The van der Waals surface area contributed by atoms with E-state index in [1.807, 2.05) is 67.7 Å². The van der Waals surface area contributed by atoms with Crippen molar-refractivity contribution >= 4 is 23.7 Å². The van der Waals surface area contributed by atoms with E-state index in [9.17, 15) is 14.4 Å². The minimum Gasteiger partial charge on any atom is -0.446 e. The molecular weight excluding hydrogens is 512 g/mol. The lowest BCUT2D eigenvalue weighted by Gasteiger charge is -2.19. The summed E-state index contributed by atoms with van der Waals surface area (Å²) in [5.74, 6) is -1.32. The number of hydrazone groups is 1. The van der Waals surface area contributed by atoms with Crippen LogP contribution in [0, 0.1) is 6.92 Å². The number of para-hydroxylation sites is 1. The van der Waals surface area contributed by atoms with E-state index in [0.717, 1.165) is 16.8 Å². The zero-order chi connectivity index (χ0) is 28.4. The van der Waals surface area contributed by atoms with E-state index < -0.39 is 18.2 Å². The molecule has 10 heteroatoms. The zero-order valence-electron chi connectivity index (χ0n) is 22.3. The number of carbonyl (C=O) groups excluding carboxylic acids is 3. The molecule has 0 spiro atoms. The van der Waals surface area contributed by atoms with Crippen LogP contribution in [-0.4, -0.2) is 38.5 Å². The Morgan fingerprint density at radius 3 is 2.12 bits per heavy atom. The van der Waals surface area contributed by atoms with Crippen LogP contribution in [0.1, 0.15) is 43.7 Å². The van der Waals surface area contributed by atoms with E-state index >= 15 is 0 Å². The molecule has 0 radical (unpaired) electrons. The van der Waals surface area contributed by atoms with E-state index in [2.05, 4.69) is 5.10 Å². The predicted octanol–water partition coefficient (Wildman–Crippen LogP) is 4.94.